The molecule has 4 heteroatoms. The minimum absolute atomic E-state index is 0.116. The van der Waals surface area contributed by atoms with E-state index >= 15 is 0 Å². The normalized spacial score (nSPS) is 11.9. The number of benzene rings is 1. The molecule has 0 aromatic heterocycles. The third-order valence-corrected chi connectivity index (χ3v) is 2.86. The molecule has 16 heavy (non-hydrogen) atoms. The van der Waals surface area contributed by atoms with Gasteiger partial charge in [-0.3, -0.25) is 0 Å². The Labute approximate surface area is 107 Å². The van der Waals surface area contributed by atoms with E-state index in [0.29, 0.717) is 5.11 Å². The Morgan fingerprint density at radius 3 is 2.75 bits per heavy atom. The van der Waals surface area contributed by atoms with Crippen molar-refractivity contribution in [2.24, 2.45) is 0 Å². The van der Waals surface area contributed by atoms with Gasteiger partial charge in [0, 0.05) is 11.6 Å². The molecule has 0 heterocycles. The van der Waals surface area contributed by atoms with Crippen LogP contribution in [0, 0.1) is 0 Å². The molecule has 2 N–H and O–H groups in total. The summed E-state index contributed by atoms with van der Waals surface area (Å²) in [6, 6.07) is 7.90. The Balaban J connectivity index is 2.55. The van der Waals surface area contributed by atoms with Gasteiger partial charge in [-0.2, -0.15) is 0 Å². The lowest BCUT2D eigenvalue weighted by molar-refractivity contribution is 0.694. The van der Waals surface area contributed by atoms with Gasteiger partial charge in [0.25, 0.3) is 0 Å². The second-order valence-corrected chi connectivity index (χ2v) is 4.46. The second kappa shape index (κ2) is 6.71. The highest BCUT2D eigenvalue weighted by Crippen LogP contribution is 2.21. The summed E-state index contributed by atoms with van der Waals surface area (Å²) < 4.78 is 0. The first kappa shape index (κ1) is 13.3. The number of thiocarbonyl (C=S) groups is 1. The van der Waals surface area contributed by atoms with Gasteiger partial charge in [-0.15, -0.1) is 0 Å². The standard InChI is InChI=1S/C12H17ClN2S/c1-3-8-14-12(16)15-9(2)10-6-4-5-7-11(10)13/h4-7,9H,3,8H2,1-2H3,(H2,14,15,16). The van der Waals surface area contributed by atoms with Crippen LogP contribution in [-0.4, -0.2) is 11.7 Å². The van der Waals surface area contributed by atoms with E-state index in [4.69, 9.17) is 23.8 Å². The number of rotatable bonds is 4. The van der Waals surface area contributed by atoms with E-state index in [0.717, 1.165) is 23.6 Å². The molecular weight excluding hydrogens is 240 g/mol. The van der Waals surface area contributed by atoms with Crippen LogP contribution in [0.1, 0.15) is 31.9 Å². The van der Waals surface area contributed by atoms with Crippen molar-refractivity contribution in [3.63, 3.8) is 0 Å². The van der Waals surface area contributed by atoms with Gasteiger partial charge in [-0.1, -0.05) is 36.7 Å². The van der Waals surface area contributed by atoms with Crippen LogP contribution in [0.4, 0.5) is 0 Å². The molecule has 0 amide bonds. The highest BCUT2D eigenvalue weighted by atomic mass is 35.5. The molecule has 1 unspecified atom stereocenters. The van der Waals surface area contributed by atoms with Gasteiger partial charge in [0.05, 0.1) is 6.04 Å². The smallest absolute Gasteiger partial charge is 0.166 e. The van der Waals surface area contributed by atoms with Gasteiger partial charge in [0.15, 0.2) is 5.11 Å². The van der Waals surface area contributed by atoms with Crippen LogP contribution in [0.25, 0.3) is 0 Å². The van der Waals surface area contributed by atoms with Crippen LogP contribution in [0.2, 0.25) is 5.02 Å². The van der Waals surface area contributed by atoms with Gasteiger partial charge < -0.3 is 10.6 Å². The van der Waals surface area contributed by atoms with E-state index in [1.807, 2.05) is 31.2 Å². The maximum atomic E-state index is 6.10. The maximum Gasteiger partial charge on any atom is 0.166 e. The zero-order valence-corrected chi connectivity index (χ0v) is 11.2. The quantitative estimate of drug-likeness (QED) is 0.809. The third kappa shape index (κ3) is 3.99. The highest BCUT2D eigenvalue weighted by Gasteiger charge is 2.09. The van der Waals surface area contributed by atoms with Crippen molar-refractivity contribution in [2.45, 2.75) is 26.3 Å². The SMILES string of the molecule is CCCNC(=S)NC(C)c1ccccc1Cl. The zero-order valence-electron chi connectivity index (χ0n) is 9.59. The van der Waals surface area contributed by atoms with Crippen LogP contribution < -0.4 is 10.6 Å². The summed E-state index contributed by atoms with van der Waals surface area (Å²) >= 11 is 11.3. The topological polar surface area (TPSA) is 24.1 Å². The molecule has 0 saturated carbocycles. The van der Waals surface area contributed by atoms with Crippen molar-refractivity contribution in [3.8, 4) is 0 Å². The fraction of sp³-hybridized carbons (Fsp3) is 0.417. The van der Waals surface area contributed by atoms with Gasteiger partial charge >= 0.3 is 0 Å². The number of hydrogen-bond acceptors (Lipinski definition) is 1. The Kier molecular flexibility index (Phi) is 5.56. The monoisotopic (exact) mass is 256 g/mol. The molecule has 1 rings (SSSR count). The van der Waals surface area contributed by atoms with Crippen molar-refractivity contribution >= 4 is 28.9 Å². The molecule has 1 aromatic carbocycles. The highest BCUT2D eigenvalue weighted by molar-refractivity contribution is 7.80. The van der Waals surface area contributed by atoms with Crippen LogP contribution in [0.3, 0.4) is 0 Å². The fourth-order valence-electron chi connectivity index (χ4n) is 1.39. The van der Waals surface area contributed by atoms with E-state index in [9.17, 15) is 0 Å². The number of nitrogens with one attached hydrogen (secondary N) is 2. The van der Waals surface area contributed by atoms with Crippen molar-refractivity contribution in [1.82, 2.24) is 10.6 Å². The van der Waals surface area contributed by atoms with E-state index in [-0.39, 0.29) is 6.04 Å². The van der Waals surface area contributed by atoms with Crippen LogP contribution in [0.5, 0.6) is 0 Å². The first-order chi connectivity index (χ1) is 7.65. The Morgan fingerprint density at radius 1 is 1.44 bits per heavy atom. The maximum absolute atomic E-state index is 6.10. The minimum Gasteiger partial charge on any atom is -0.363 e. The van der Waals surface area contributed by atoms with E-state index < -0.39 is 0 Å². The van der Waals surface area contributed by atoms with E-state index in [1.54, 1.807) is 0 Å². The van der Waals surface area contributed by atoms with Gasteiger partial charge in [-0.25, -0.2) is 0 Å². The molecule has 0 radical (unpaired) electrons. The summed E-state index contributed by atoms with van der Waals surface area (Å²) in [5, 5.41) is 7.78. The summed E-state index contributed by atoms with van der Waals surface area (Å²) in [5.74, 6) is 0. The number of hydrogen-bond donors (Lipinski definition) is 2. The first-order valence-corrected chi connectivity index (χ1v) is 6.22. The minimum atomic E-state index is 0.116. The van der Waals surface area contributed by atoms with Gasteiger partial charge in [-0.05, 0) is 37.2 Å². The molecule has 1 atom stereocenters. The van der Waals surface area contributed by atoms with Gasteiger partial charge in [0.1, 0.15) is 0 Å². The first-order valence-electron chi connectivity index (χ1n) is 5.44. The lowest BCUT2D eigenvalue weighted by atomic mass is 10.1. The second-order valence-electron chi connectivity index (χ2n) is 3.64. The molecular formula is C12H17ClN2S. The van der Waals surface area contributed by atoms with E-state index in [1.165, 1.54) is 0 Å². The van der Waals surface area contributed by atoms with Gasteiger partial charge in [0.2, 0.25) is 0 Å². The molecule has 0 bridgehead atoms. The summed E-state index contributed by atoms with van der Waals surface area (Å²) in [4.78, 5) is 0. The molecule has 2 nitrogen and oxygen atoms in total. The molecule has 88 valence electrons. The van der Waals surface area contributed by atoms with Crippen molar-refractivity contribution in [2.75, 3.05) is 6.54 Å². The summed E-state index contributed by atoms with van der Waals surface area (Å²) in [5.41, 5.74) is 1.06. The summed E-state index contributed by atoms with van der Waals surface area (Å²) in [7, 11) is 0. The lowest BCUT2D eigenvalue weighted by Gasteiger charge is -2.18. The molecule has 1 aromatic rings. The molecule has 0 saturated heterocycles. The molecule has 0 aliphatic carbocycles. The molecule has 0 aliphatic heterocycles. The predicted octanol–water partition coefficient (Wildman–Crippen LogP) is 3.28. The molecule has 0 fully saturated rings. The average Bonchev–Trinajstić information content (AvgIpc) is 2.26. The van der Waals surface area contributed by atoms with Crippen LogP contribution in [0.15, 0.2) is 24.3 Å². The number of halogens is 1. The Hall–Kier alpha value is -0.800. The van der Waals surface area contributed by atoms with Crippen molar-refractivity contribution in [3.05, 3.63) is 34.9 Å². The predicted molar refractivity (Wildman–Crippen MR) is 73.9 cm³/mol. The third-order valence-electron chi connectivity index (χ3n) is 2.25. The van der Waals surface area contributed by atoms with Crippen molar-refractivity contribution in [1.29, 1.82) is 0 Å². The summed E-state index contributed by atoms with van der Waals surface area (Å²) in [6.45, 7) is 5.04. The Bertz CT molecular complexity index is 355. The van der Waals surface area contributed by atoms with Crippen LogP contribution >= 0.6 is 23.8 Å². The lowest BCUT2D eigenvalue weighted by Crippen LogP contribution is -2.37. The zero-order chi connectivity index (χ0) is 12.0. The average molecular weight is 257 g/mol. The fourth-order valence-corrected chi connectivity index (χ4v) is 1.97. The summed E-state index contributed by atoms with van der Waals surface area (Å²) in [6.07, 6.45) is 1.06. The largest absolute Gasteiger partial charge is 0.363 e. The van der Waals surface area contributed by atoms with Crippen molar-refractivity contribution < 1.29 is 0 Å². The molecule has 0 spiro atoms. The van der Waals surface area contributed by atoms with E-state index in [2.05, 4.69) is 17.6 Å². The molecule has 0 aliphatic rings. The Morgan fingerprint density at radius 2 is 2.12 bits per heavy atom. The van der Waals surface area contributed by atoms with Crippen LogP contribution in [-0.2, 0) is 0 Å².